The Bertz CT molecular complexity index is 366. The van der Waals surface area contributed by atoms with Crippen molar-refractivity contribution in [1.82, 2.24) is 15.3 Å². The predicted molar refractivity (Wildman–Crippen MR) is 56.4 cm³/mol. The molecule has 2 heterocycles. The molecule has 1 aromatic heterocycles. The molecule has 0 bridgehead atoms. The van der Waals surface area contributed by atoms with E-state index in [2.05, 4.69) is 27.1 Å². The second kappa shape index (κ2) is 4.24. The summed E-state index contributed by atoms with van der Waals surface area (Å²) in [7, 11) is 0. The lowest BCUT2D eigenvalue weighted by atomic mass is 10.2. The number of nitrogens with one attached hydrogen (secondary N) is 1. The van der Waals surface area contributed by atoms with Crippen LogP contribution >= 0.6 is 0 Å². The molecule has 1 fully saturated rings. The maximum atomic E-state index is 8.64. The molecule has 0 amide bonds. The highest BCUT2D eigenvalue weighted by Crippen LogP contribution is 2.11. The molecule has 1 atom stereocenters. The molecule has 15 heavy (non-hydrogen) atoms. The Balaban J connectivity index is 2.18. The van der Waals surface area contributed by atoms with E-state index in [1.54, 1.807) is 12.4 Å². The number of piperazine rings is 1. The van der Waals surface area contributed by atoms with E-state index in [1.165, 1.54) is 0 Å². The summed E-state index contributed by atoms with van der Waals surface area (Å²) in [5.41, 5.74) is 0.501. The van der Waals surface area contributed by atoms with Crippen molar-refractivity contribution in [1.29, 1.82) is 5.26 Å². The number of nitrogens with zero attached hydrogens (tertiary/aromatic N) is 4. The summed E-state index contributed by atoms with van der Waals surface area (Å²) in [6, 6.07) is 2.41. The van der Waals surface area contributed by atoms with Crippen LogP contribution in [0, 0.1) is 11.3 Å². The molecule has 1 N–H and O–H groups in total. The van der Waals surface area contributed by atoms with Gasteiger partial charge >= 0.3 is 0 Å². The molecule has 2 rings (SSSR count). The molecular formula is C10H13N5. The molecule has 0 spiro atoms. The number of rotatable bonds is 1. The Morgan fingerprint density at radius 1 is 1.53 bits per heavy atom. The smallest absolute Gasteiger partial charge is 0.225 e. The predicted octanol–water partition coefficient (Wildman–Crippen LogP) is 0.146. The largest absolute Gasteiger partial charge is 0.336 e. The van der Waals surface area contributed by atoms with E-state index in [4.69, 9.17) is 5.26 Å². The molecule has 1 aliphatic rings. The summed E-state index contributed by atoms with van der Waals surface area (Å²) >= 11 is 0. The number of hydrogen-bond donors (Lipinski definition) is 1. The molecule has 0 unspecified atom stereocenters. The Kier molecular flexibility index (Phi) is 2.79. The zero-order valence-corrected chi connectivity index (χ0v) is 8.64. The lowest BCUT2D eigenvalue weighted by Gasteiger charge is -2.33. The third kappa shape index (κ3) is 2.05. The van der Waals surface area contributed by atoms with Gasteiger partial charge < -0.3 is 10.2 Å². The van der Waals surface area contributed by atoms with Gasteiger partial charge in [-0.15, -0.1) is 0 Å². The van der Waals surface area contributed by atoms with Crippen LogP contribution in [-0.4, -0.2) is 35.6 Å². The average Bonchev–Trinajstić information content (AvgIpc) is 2.30. The van der Waals surface area contributed by atoms with Gasteiger partial charge in [0.2, 0.25) is 5.95 Å². The summed E-state index contributed by atoms with van der Waals surface area (Å²) < 4.78 is 0. The maximum Gasteiger partial charge on any atom is 0.225 e. The van der Waals surface area contributed by atoms with Crippen LogP contribution in [0.2, 0.25) is 0 Å². The van der Waals surface area contributed by atoms with E-state index in [0.29, 0.717) is 17.6 Å². The van der Waals surface area contributed by atoms with Gasteiger partial charge in [-0.3, -0.25) is 0 Å². The van der Waals surface area contributed by atoms with E-state index < -0.39 is 0 Å². The lowest BCUT2D eigenvalue weighted by molar-refractivity contribution is 0.493. The third-order valence-electron chi connectivity index (χ3n) is 2.53. The van der Waals surface area contributed by atoms with Gasteiger partial charge in [0.1, 0.15) is 6.07 Å². The zero-order chi connectivity index (χ0) is 10.7. The van der Waals surface area contributed by atoms with Crippen molar-refractivity contribution < 1.29 is 0 Å². The van der Waals surface area contributed by atoms with Crippen LogP contribution in [-0.2, 0) is 0 Å². The molecule has 0 aromatic carbocycles. The van der Waals surface area contributed by atoms with Crippen LogP contribution in [0.4, 0.5) is 5.95 Å². The SMILES string of the molecule is C[C@H]1CNCCN1c1ncc(C#N)cn1. The van der Waals surface area contributed by atoms with Gasteiger partial charge in [0, 0.05) is 25.7 Å². The van der Waals surface area contributed by atoms with Crippen LogP contribution in [0.1, 0.15) is 12.5 Å². The quantitative estimate of drug-likeness (QED) is 0.703. The Labute approximate surface area is 88.8 Å². The van der Waals surface area contributed by atoms with Crippen LogP contribution in [0.5, 0.6) is 0 Å². The summed E-state index contributed by atoms with van der Waals surface area (Å²) in [5, 5.41) is 11.9. The van der Waals surface area contributed by atoms with Crippen LogP contribution in [0.15, 0.2) is 12.4 Å². The van der Waals surface area contributed by atoms with Gasteiger partial charge in [0.15, 0.2) is 0 Å². The molecular weight excluding hydrogens is 190 g/mol. The highest BCUT2D eigenvalue weighted by atomic mass is 15.3. The van der Waals surface area contributed by atoms with E-state index in [0.717, 1.165) is 19.6 Å². The summed E-state index contributed by atoms with van der Waals surface area (Å²) in [6.45, 7) is 4.94. The van der Waals surface area contributed by atoms with Crippen LogP contribution < -0.4 is 10.2 Å². The minimum Gasteiger partial charge on any atom is -0.336 e. The highest BCUT2D eigenvalue weighted by Gasteiger charge is 2.19. The molecule has 1 saturated heterocycles. The molecule has 1 aliphatic heterocycles. The van der Waals surface area contributed by atoms with E-state index in [1.807, 2.05) is 6.07 Å². The number of aromatic nitrogens is 2. The maximum absolute atomic E-state index is 8.64. The molecule has 5 heteroatoms. The normalized spacial score (nSPS) is 21.1. The Morgan fingerprint density at radius 2 is 2.27 bits per heavy atom. The van der Waals surface area contributed by atoms with E-state index in [9.17, 15) is 0 Å². The minimum atomic E-state index is 0.395. The summed E-state index contributed by atoms with van der Waals surface area (Å²) in [4.78, 5) is 10.5. The van der Waals surface area contributed by atoms with Crippen molar-refractivity contribution in [3.8, 4) is 6.07 Å². The third-order valence-corrected chi connectivity index (χ3v) is 2.53. The van der Waals surface area contributed by atoms with Crippen molar-refractivity contribution >= 4 is 5.95 Å². The van der Waals surface area contributed by atoms with Crippen molar-refractivity contribution in [2.24, 2.45) is 0 Å². The number of hydrogen-bond acceptors (Lipinski definition) is 5. The summed E-state index contributed by atoms with van der Waals surface area (Å²) in [5.74, 6) is 0.711. The van der Waals surface area contributed by atoms with Gasteiger partial charge in [0.25, 0.3) is 0 Å². The first-order valence-corrected chi connectivity index (χ1v) is 5.01. The fourth-order valence-corrected chi connectivity index (χ4v) is 1.67. The standard InChI is InChI=1S/C10H13N5/c1-8-5-12-2-3-15(8)10-13-6-9(4-11)7-14-10/h6-8,12H,2-3,5H2,1H3/t8-/m0/s1. The molecule has 0 radical (unpaired) electrons. The van der Waals surface area contributed by atoms with Crippen LogP contribution in [0.25, 0.3) is 0 Å². The first-order chi connectivity index (χ1) is 7.31. The minimum absolute atomic E-state index is 0.395. The molecule has 78 valence electrons. The molecule has 0 saturated carbocycles. The van der Waals surface area contributed by atoms with Crippen molar-refractivity contribution in [2.75, 3.05) is 24.5 Å². The van der Waals surface area contributed by atoms with Crippen molar-refractivity contribution in [3.05, 3.63) is 18.0 Å². The van der Waals surface area contributed by atoms with Crippen LogP contribution in [0.3, 0.4) is 0 Å². The fourth-order valence-electron chi connectivity index (χ4n) is 1.67. The zero-order valence-electron chi connectivity index (χ0n) is 8.64. The van der Waals surface area contributed by atoms with Gasteiger partial charge in [0.05, 0.1) is 18.0 Å². The van der Waals surface area contributed by atoms with Crippen molar-refractivity contribution in [2.45, 2.75) is 13.0 Å². The number of anilines is 1. The van der Waals surface area contributed by atoms with E-state index in [-0.39, 0.29) is 0 Å². The van der Waals surface area contributed by atoms with Gasteiger partial charge in [-0.05, 0) is 6.92 Å². The van der Waals surface area contributed by atoms with Gasteiger partial charge in [-0.2, -0.15) is 5.26 Å². The fraction of sp³-hybridized carbons (Fsp3) is 0.500. The van der Waals surface area contributed by atoms with Crippen molar-refractivity contribution in [3.63, 3.8) is 0 Å². The molecule has 0 aliphatic carbocycles. The van der Waals surface area contributed by atoms with Gasteiger partial charge in [-0.25, -0.2) is 9.97 Å². The molecule has 5 nitrogen and oxygen atoms in total. The lowest BCUT2D eigenvalue weighted by Crippen LogP contribution is -2.50. The topological polar surface area (TPSA) is 64.8 Å². The molecule has 1 aromatic rings. The Hall–Kier alpha value is -1.67. The number of nitriles is 1. The first kappa shape index (κ1) is 9.87. The highest BCUT2D eigenvalue weighted by molar-refractivity contribution is 5.35. The first-order valence-electron chi connectivity index (χ1n) is 5.01. The van der Waals surface area contributed by atoms with Gasteiger partial charge in [-0.1, -0.05) is 0 Å². The summed E-state index contributed by atoms with van der Waals surface area (Å²) in [6.07, 6.45) is 3.13. The second-order valence-corrected chi connectivity index (χ2v) is 3.63. The van der Waals surface area contributed by atoms with E-state index >= 15 is 0 Å². The monoisotopic (exact) mass is 203 g/mol. The average molecular weight is 203 g/mol. The second-order valence-electron chi connectivity index (χ2n) is 3.63. The Morgan fingerprint density at radius 3 is 2.87 bits per heavy atom.